The number of aromatic nitrogens is 4. The molecule has 0 unspecified atom stereocenters. The maximum Gasteiger partial charge on any atom is 0.266 e. The van der Waals surface area contributed by atoms with Gasteiger partial charge in [-0.15, -0.1) is 0 Å². The minimum absolute atomic E-state index is 0.0306. The maximum absolute atomic E-state index is 12.8. The summed E-state index contributed by atoms with van der Waals surface area (Å²) in [6.07, 6.45) is 9.79. The standard InChI is InChI=1S/C23H28ClN7O2S/c1-14-25-13-18(27-14)19-22(31-9-7-30(8-10-31)16-5-3-2-4-6-16)34-23(28-19)29-20(32)15-11-17(24)21(33)26-12-15/h11-13,16H,2-10H2,1H3,(H,25,27)(H,26,33)(H,28,29,32). The molecule has 0 atom stereocenters. The van der Waals surface area contributed by atoms with Crippen molar-refractivity contribution in [2.24, 2.45) is 0 Å². The second-order valence-electron chi connectivity index (χ2n) is 8.89. The summed E-state index contributed by atoms with van der Waals surface area (Å²) < 4.78 is 0. The van der Waals surface area contributed by atoms with E-state index in [4.69, 9.17) is 16.6 Å². The summed E-state index contributed by atoms with van der Waals surface area (Å²) in [5.74, 6) is 0.428. The van der Waals surface area contributed by atoms with Crippen LogP contribution in [0.3, 0.4) is 0 Å². The fraction of sp³-hybridized carbons (Fsp3) is 0.478. The molecule has 5 rings (SSSR count). The number of pyridine rings is 1. The minimum atomic E-state index is -0.431. The molecule has 1 aliphatic carbocycles. The van der Waals surface area contributed by atoms with Crippen LogP contribution in [0.5, 0.6) is 0 Å². The van der Waals surface area contributed by atoms with Crippen LogP contribution in [0.4, 0.5) is 10.1 Å². The number of nitrogens with zero attached hydrogens (tertiary/aromatic N) is 4. The van der Waals surface area contributed by atoms with Crippen molar-refractivity contribution in [2.45, 2.75) is 45.1 Å². The minimum Gasteiger partial charge on any atom is -0.359 e. The van der Waals surface area contributed by atoms with Crippen LogP contribution < -0.4 is 15.8 Å². The number of aromatic amines is 2. The number of H-pyrrole nitrogens is 2. The van der Waals surface area contributed by atoms with Crippen LogP contribution in [-0.2, 0) is 0 Å². The summed E-state index contributed by atoms with van der Waals surface area (Å²) in [4.78, 5) is 44.1. The Kier molecular flexibility index (Phi) is 6.71. The summed E-state index contributed by atoms with van der Waals surface area (Å²) >= 11 is 7.33. The number of rotatable bonds is 5. The first-order valence-electron chi connectivity index (χ1n) is 11.7. The molecule has 11 heteroatoms. The number of thiazole rings is 1. The van der Waals surface area contributed by atoms with E-state index in [1.807, 2.05) is 6.92 Å². The summed E-state index contributed by atoms with van der Waals surface area (Å²) in [6.45, 7) is 5.80. The van der Waals surface area contributed by atoms with Gasteiger partial charge in [0, 0.05) is 38.4 Å². The first-order chi connectivity index (χ1) is 16.5. The zero-order valence-electron chi connectivity index (χ0n) is 19.1. The van der Waals surface area contributed by atoms with Gasteiger partial charge in [-0.05, 0) is 25.8 Å². The van der Waals surface area contributed by atoms with Crippen molar-refractivity contribution in [2.75, 3.05) is 36.4 Å². The third-order valence-corrected chi connectivity index (χ3v) is 7.91. The van der Waals surface area contributed by atoms with E-state index in [9.17, 15) is 9.59 Å². The van der Waals surface area contributed by atoms with Gasteiger partial charge in [-0.2, -0.15) is 0 Å². The SMILES string of the molecule is Cc1ncc(-c2nc(NC(=O)c3c[nH]c(=O)c(Cl)c3)sc2N2CCN(C3CCCCC3)CC2)[nH]1. The highest BCUT2D eigenvalue weighted by Gasteiger charge is 2.28. The van der Waals surface area contributed by atoms with Crippen molar-refractivity contribution in [3.8, 4) is 11.4 Å². The van der Waals surface area contributed by atoms with Gasteiger partial charge in [-0.25, -0.2) is 9.97 Å². The van der Waals surface area contributed by atoms with E-state index in [0.29, 0.717) is 11.2 Å². The fourth-order valence-electron chi connectivity index (χ4n) is 4.79. The van der Waals surface area contributed by atoms with Crippen molar-refractivity contribution in [3.05, 3.63) is 45.2 Å². The van der Waals surface area contributed by atoms with E-state index in [-0.39, 0.29) is 16.5 Å². The Bertz CT molecular complexity index is 1220. The highest BCUT2D eigenvalue weighted by molar-refractivity contribution is 7.20. The van der Waals surface area contributed by atoms with Crippen molar-refractivity contribution in [1.29, 1.82) is 0 Å². The second-order valence-corrected chi connectivity index (χ2v) is 10.3. The molecule has 0 aromatic carbocycles. The van der Waals surface area contributed by atoms with Crippen LogP contribution in [0.1, 0.15) is 48.3 Å². The van der Waals surface area contributed by atoms with Crippen LogP contribution in [0.25, 0.3) is 11.4 Å². The van der Waals surface area contributed by atoms with E-state index in [2.05, 4.69) is 30.1 Å². The Balaban J connectivity index is 1.36. The first-order valence-corrected chi connectivity index (χ1v) is 12.9. The van der Waals surface area contributed by atoms with E-state index in [1.54, 1.807) is 6.20 Å². The molecule has 1 saturated heterocycles. The molecule has 3 N–H and O–H groups in total. The number of anilines is 2. The van der Waals surface area contributed by atoms with Gasteiger partial charge in [-0.3, -0.25) is 19.8 Å². The average Bonchev–Trinajstić information content (AvgIpc) is 3.47. The van der Waals surface area contributed by atoms with Crippen molar-refractivity contribution in [3.63, 3.8) is 0 Å². The zero-order chi connectivity index (χ0) is 23.7. The molecule has 34 heavy (non-hydrogen) atoms. The molecule has 4 heterocycles. The number of piperazine rings is 1. The van der Waals surface area contributed by atoms with Crippen molar-refractivity contribution in [1.82, 2.24) is 24.8 Å². The predicted octanol–water partition coefficient (Wildman–Crippen LogP) is 3.89. The number of hydrogen-bond acceptors (Lipinski definition) is 7. The number of amides is 1. The maximum atomic E-state index is 12.8. The number of nitrogens with one attached hydrogen (secondary N) is 3. The quantitative estimate of drug-likeness (QED) is 0.489. The molecule has 180 valence electrons. The van der Waals surface area contributed by atoms with Gasteiger partial charge in [0.1, 0.15) is 21.5 Å². The van der Waals surface area contributed by atoms with Gasteiger partial charge >= 0.3 is 0 Å². The first kappa shape index (κ1) is 23.1. The lowest BCUT2D eigenvalue weighted by molar-refractivity contribution is 0.102. The van der Waals surface area contributed by atoms with Gasteiger partial charge in [0.2, 0.25) is 0 Å². The molecule has 1 saturated carbocycles. The van der Waals surface area contributed by atoms with Gasteiger partial charge in [0.05, 0.1) is 17.5 Å². The smallest absolute Gasteiger partial charge is 0.266 e. The summed E-state index contributed by atoms with van der Waals surface area (Å²) in [7, 11) is 0. The van der Waals surface area contributed by atoms with Crippen LogP contribution in [-0.4, -0.2) is 63.0 Å². The van der Waals surface area contributed by atoms with E-state index in [0.717, 1.165) is 48.4 Å². The topological polar surface area (TPSA) is 110 Å². The molecule has 0 bridgehead atoms. The average molecular weight is 502 g/mol. The van der Waals surface area contributed by atoms with Gasteiger partial charge in [0.15, 0.2) is 5.13 Å². The third-order valence-electron chi connectivity index (χ3n) is 6.60. The molecule has 2 fully saturated rings. The van der Waals surface area contributed by atoms with Crippen molar-refractivity contribution >= 4 is 39.0 Å². The number of aryl methyl sites for hydroxylation is 1. The number of hydrogen-bond donors (Lipinski definition) is 3. The normalized spacial score (nSPS) is 17.8. The number of halogens is 1. The van der Waals surface area contributed by atoms with Gasteiger partial charge in [-0.1, -0.05) is 42.2 Å². The number of imidazole rings is 1. The van der Waals surface area contributed by atoms with Gasteiger partial charge < -0.3 is 14.9 Å². The lowest BCUT2D eigenvalue weighted by atomic mass is 9.94. The van der Waals surface area contributed by atoms with E-state index in [1.165, 1.54) is 55.7 Å². The third kappa shape index (κ3) is 4.89. The highest BCUT2D eigenvalue weighted by atomic mass is 35.5. The van der Waals surface area contributed by atoms with Crippen LogP contribution in [0.15, 0.2) is 23.3 Å². The number of carbonyl (C=O) groups is 1. The molecule has 1 amide bonds. The Morgan fingerprint density at radius 1 is 1.21 bits per heavy atom. The Morgan fingerprint density at radius 3 is 2.65 bits per heavy atom. The monoisotopic (exact) mass is 501 g/mol. The molecule has 2 aliphatic rings. The van der Waals surface area contributed by atoms with E-state index >= 15 is 0 Å². The fourth-order valence-corrected chi connectivity index (χ4v) is 5.99. The van der Waals surface area contributed by atoms with Gasteiger partial charge in [0.25, 0.3) is 11.5 Å². The Labute approximate surface area is 206 Å². The Hall–Kier alpha value is -2.69. The molecular weight excluding hydrogens is 474 g/mol. The van der Waals surface area contributed by atoms with E-state index < -0.39 is 5.56 Å². The lowest BCUT2D eigenvalue weighted by Crippen LogP contribution is -2.50. The number of carbonyl (C=O) groups excluding carboxylic acids is 1. The highest BCUT2D eigenvalue weighted by Crippen LogP contribution is 2.39. The molecule has 3 aromatic rings. The second kappa shape index (κ2) is 9.89. The van der Waals surface area contributed by atoms with Crippen LogP contribution >= 0.6 is 22.9 Å². The molecular formula is C23H28ClN7O2S. The molecule has 0 radical (unpaired) electrons. The summed E-state index contributed by atoms with van der Waals surface area (Å²) in [5, 5.41) is 4.33. The Morgan fingerprint density at radius 2 is 1.97 bits per heavy atom. The largest absolute Gasteiger partial charge is 0.359 e. The predicted molar refractivity (Wildman–Crippen MR) is 135 cm³/mol. The molecule has 1 aliphatic heterocycles. The summed E-state index contributed by atoms with van der Waals surface area (Å²) in [6, 6.07) is 2.07. The zero-order valence-corrected chi connectivity index (χ0v) is 20.6. The molecule has 3 aromatic heterocycles. The van der Waals surface area contributed by atoms with Crippen LogP contribution in [0, 0.1) is 6.92 Å². The van der Waals surface area contributed by atoms with Crippen molar-refractivity contribution < 1.29 is 4.79 Å². The summed E-state index contributed by atoms with van der Waals surface area (Å²) in [5.41, 5.74) is 1.44. The van der Waals surface area contributed by atoms with Crippen LogP contribution in [0.2, 0.25) is 5.02 Å². The lowest BCUT2D eigenvalue weighted by Gasteiger charge is -2.41. The molecule has 0 spiro atoms. The molecule has 9 nitrogen and oxygen atoms in total.